The summed E-state index contributed by atoms with van der Waals surface area (Å²) in [6.07, 6.45) is 0. The third kappa shape index (κ3) is 5.19. The molecular formula is C54H36N2. The van der Waals surface area contributed by atoms with E-state index in [2.05, 4.69) is 228 Å². The zero-order valence-electron chi connectivity index (χ0n) is 30.7. The first-order chi connectivity index (χ1) is 27.8. The molecule has 0 amide bonds. The fraction of sp³-hybridized carbons (Fsp3) is 0. The van der Waals surface area contributed by atoms with Gasteiger partial charge in [-0.05, 0) is 92.2 Å². The molecule has 0 saturated carbocycles. The minimum atomic E-state index is 1.10. The molecule has 0 bridgehead atoms. The second-order valence-electron chi connectivity index (χ2n) is 14.5. The van der Waals surface area contributed by atoms with Crippen molar-refractivity contribution in [2.45, 2.75) is 0 Å². The van der Waals surface area contributed by atoms with Gasteiger partial charge in [-0.1, -0.05) is 170 Å². The van der Waals surface area contributed by atoms with Crippen LogP contribution in [0.15, 0.2) is 218 Å². The molecule has 0 radical (unpaired) electrons. The molecule has 2 heteroatoms. The Morgan fingerprint density at radius 3 is 1.79 bits per heavy atom. The number of benzene rings is 10. The lowest BCUT2D eigenvalue weighted by atomic mass is 9.97. The molecule has 11 rings (SSSR count). The second kappa shape index (κ2) is 13.2. The Morgan fingerprint density at radius 1 is 0.339 bits per heavy atom. The van der Waals surface area contributed by atoms with E-state index in [4.69, 9.17) is 0 Å². The largest absolute Gasteiger partial charge is 0.310 e. The van der Waals surface area contributed by atoms with Crippen LogP contribution in [0, 0.1) is 0 Å². The highest BCUT2D eigenvalue weighted by molar-refractivity contribution is 6.22. The molecule has 0 spiro atoms. The third-order valence-corrected chi connectivity index (χ3v) is 11.3. The molecule has 1 aromatic heterocycles. The molecule has 0 fully saturated rings. The first-order valence-electron chi connectivity index (χ1n) is 19.3. The number of para-hydroxylation sites is 2. The van der Waals surface area contributed by atoms with Crippen LogP contribution in [0.25, 0.3) is 82.1 Å². The van der Waals surface area contributed by atoms with Crippen molar-refractivity contribution in [2.75, 3.05) is 4.90 Å². The van der Waals surface area contributed by atoms with E-state index in [-0.39, 0.29) is 0 Å². The SMILES string of the molecule is c1ccc(-c2ccccc2N(c2cccc(-c3cccc4c3c3ccc5ccccc5c3n4-c3ccccc3)c2)c2ccc3c(ccc4ccccc43)c2)cc1. The predicted octanol–water partition coefficient (Wildman–Crippen LogP) is 15.0. The average Bonchev–Trinajstić information content (AvgIpc) is 3.62. The van der Waals surface area contributed by atoms with Crippen LogP contribution in [0.5, 0.6) is 0 Å². The molecule has 1 heterocycles. The second-order valence-corrected chi connectivity index (χ2v) is 14.5. The van der Waals surface area contributed by atoms with Gasteiger partial charge in [0.25, 0.3) is 0 Å². The maximum atomic E-state index is 2.45. The summed E-state index contributed by atoms with van der Waals surface area (Å²) in [7, 11) is 0. The summed E-state index contributed by atoms with van der Waals surface area (Å²) in [4.78, 5) is 2.43. The number of fused-ring (bicyclic) bond motifs is 8. The molecule has 0 saturated heterocycles. The molecule has 10 aromatic carbocycles. The summed E-state index contributed by atoms with van der Waals surface area (Å²) in [6, 6.07) is 79.5. The van der Waals surface area contributed by atoms with Gasteiger partial charge in [0.2, 0.25) is 0 Å². The Balaban J connectivity index is 1.16. The minimum Gasteiger partial charge on any atom is -0.310 e. The van der Waals surface area contributed by atoms with Crippen LogP contribution in [-0.4, -0.2) is 4.57 Å². The first-order valence-corrected chi connectivity index (χ1v) is 19.3. The number of anilines is 3. The zero-order valence-corrected chi connectivity index (χ0v) is 30.7. The van der Waals surface area contributed by atoms with Gasteiger partial charge in [-0.3, -0.25) is 0 Å². The monoisotopic (exact) mass is 712 g/mol. The van der Waals surface area contributed by atoms with Crippen LogP contribution in [0.2, 0.25) is 0 Å². The maximum absolute atomic E-state index is 2.45. The lowest BCUT2D eigenvalue weighted by Gasteiger charge is -2.28. The van der Waals surface area contributed by atoms with Gasteiger partial charge in [-0.15, -0.1) is 0 Å². The predicted molar refractivity (Wildman–Crippen MR) is 239 cm³/mol. The zero-order chi connectivity index (χ0) is 37.0. The molecule has 0 atom stereocenters. The fourth-order valence-electron chi connectivity index (χ4n) is 8.82. The summed E-state index contributed by atoms with van der Waals surface area (Å²) in [6.45, 7) is 0. The molecule has 0 N–H and O–H groups in total. The van der Waals surface area contributed by atoms with Gasteiger partial charge >= 0.3 is 0 Å². The standard InChI is InChI=1S/C54H36N2/c1-3-15-37(16-4-1)47-24-11-12-27-51(47)55(44-32-34-46-41(36-44)30-29-38-17-7-9-23-45(38)46)43-22-13-19-40(35-43)48-26-14-28-52-53(48)50-33-31-39-18-8-10-25-49(39)54(50)56(52)42-20-5-2-6-21-42/h1-36H. The van der Waals surface area contributed by atoms with E-state index < -0.39 is 0 Å². The van der Waals surface area contributed by atoms with Gasteiger partial charge in [-0.25, -0.2) is 0 Å². The molecular weight excluding hydrogens is 677 g/mol. The highest BCUT2D eigenvalue weighted by Gasteiger charge is 2.21. The molecule has 262 valence electrons. The van der Waals surface area contributed by atoms with Gasteiger partial charge in [0.15, 0.2) is 0 Å². The van der Waals surface area contributed by atoms with Crippen LogP contribution < -0.4 is 4.90 Å². The molecule has 56 heavy (non-hydrogen) atoms. The van der Waals surface area contributed by atoms with Crippen molar-refractivity contribution < 1.29 is 0 Å². The smallest absolute Gasteiger partial charge is 0.0619 e. The van der Waals surface area contributed by atoms with Crippen molar-refractivity contribution in [3.63, 3.8) is 0 Å². The molecule has 2 nitrogen and oxygen atoms in total. The van der Waals surface area contributed by atoms with E-state index in [0.717, 1.165) is 22.7 Å². The summed E-state index contributed by atoms with van der Waals surface area (Å²) in [5, 5.41) is 9.97. The lowest BCUT2D eigenvalue weighted by molar-refractivity contribution is 1.19. The normalized spacial score (nSPS) is 11.6. The molecule has 0 aliphatic carbocycles. The van der Waals surface area contributed by atoms with Gasteiger partial charge in [0, 0.05) is 38.8 Å². The quantitative estimate of drug-likeness (QED) is 0.156. The molecule has 0 aliphatic heterocycles. The van der Waals surface area contributed by atoms with Crippen molar-refractivity contribution in [1.29, 1.82) is 0 Å². The first kappa shape index (κ1) is 32.0. The Labute approximate surface area is 325 Å². The summed E-state index contributed by atoms with van der Waals surface area (Å²) in [5.41, 5.74) is 11.7. The topological polar surface area (TPSA) is 8.17 Å². The van der Waals surface area contributed by atoms with Crippen molar-refractivity contribution in [3.8, 4) is 27.9 Å². The van der Waals surface area contributed by atoms with E-state index >= 15 is 0 Å². The Morgan fingerprint density at radius 2 is 0.929 bits per heavy atom. The molecule has 0 aliphatic rings. The number of nitrogens with zero attached hydrogens (tertiary/aromatic N) is 2. The summed E-state index contributed by atoms with van der Waals surface area (Å²) < 4.78 is 2.45. The van der Waals surface area contributed by atoms with Crippen LogP contribution in [0.4, 0.5) is 17.1 Å². The highest BCUT2D eigenvalue weighted by Crippen LogP contribution is 2.45. The van der Waals surface area contributed by atoms with Crippen molar-refractivity contribution >= 4 is 71.2 Å². The Bertz CT molecular complexity index is 3250. The Kier molecular flexibility index (Phi) is 7.53. The maximum Gasteiger partial charge on any atom is 0.0619 e. The van der Waals surface area contributed by atoms with Gasteiger partial charge in [-0.2, -0.15) is 0 Å². The van der Waals surface area contributed by atoms with Crippen molar-refractivity contribution in [3.05, 3.63) is 218 Å². The minimum absolute atomic E-state index is 1.10. The van der Waals surface area contributed by atoms with Gasteiger partial charge < -0.3 is 9.47 Å². The summed E-state index contributed by atoms with van der Waals surface area (Å²) in [5.74, 6) is 0. The fourth-order valence-corrected chi connectivity index (χ4v) is 8.82. The van der Waals surface area contributed by atoms with Crippen LogP contribution >= 0.6 is 0 Å². The molecule has 0 unspecified atom stereocenters. The van der Waals surface area contributed by atoms with Crippen molar-refractivity contribution in [2.24, 2.45) is 0 Å². The Hall–Kier alpha value is -7.42. The number of hydrogen-bond donors (Lipinski definition) is 0. The lowest BCUT2D eigenvalue weighted by Crippen LogP contribution is -2.11. The van der Waals surface area contributed by atoms with E-state index in [1.165, 1.54) is 76.4 Å². The summed E-state index contributed by atoms with van der Waals surface area (Å²) >= 11 is 0. The molecule has 11 aromatic rings. The highest BCUT2D eigenvalue weighted by atomic mass is 15.1. The van der Waals surface area contributed by atoms with Crippen molar-refractivity contribution in [1.82, 2.24) is 4.57 Å². The van der Waals surface area contributed by atoms with E-state index in [1.807, 2.05) is 0 Å². The van der Waals surface area contributed by atoms with Gasteiger partial charge in [0.05, 0.1) is 16.7 Å². The van der Waals surface area contributed by atoms with E-state index in [0.29, 0.717) is 0 Å². The number of hydrogen-bond acceptors (Lipinski definition) is 1. The van der Waals surface area contributed by atoms with E-state index in [1.54, 1.807) is 0 Å². The average molecular weight is 713 g/mol. The van der Waals surface area contributed by atoms with E-state index in [9.17, 15) is 0 Å². The number of rotatable bonds is 6. The van der Waals surface area contributed by atoms with Crippen LogP contribution in [0.1, 0.15) is 0 Å². The van der Waals surface area contributed by atoms with Crippen LogP contribution in [0.3, 0.4) is 0 Å². The van der Waals surface area contributed by atoms with Gasteiger partial charge in [0.1, 0.15) is 0 Å². The third-order valence-electron chi connectivity index (χ3n) is 11.3. The number of aromatic nitrogens is 1. The van der Waals surface area contributed by atoms with Crippen LogP contribution in [-0.2, 0) is 0 Å².